The van der Waals surface area contributed by atoms with Gasteiger partial charge in [0.05, 0.1) is 32.5 Å². The van der Waals surface area contributed by atoms with E-state index < -0.39 is 6.10 Å². The van der Waals surface area contributed by atoms with Gasteiger partial charge in [-0.3, -0.25) is 4.90 Å². The summed E-state index contributed by atoms with van der Waals surface area (Å²) >= 11 is 0. The van der Waals surface area contributed by atoms with Crippen molar-refractivity contribution in [3.8, 4) is 5.75 Å². The topological polar surface area (TPSA) is 51.2 Å². The Morgan fingerprint density at radius 1 is 1.17 bits per heavy atom. The van der Waals surface area contributed by atoms with Crippen molar-refractivity contribution in [1.29, 1.82) is 0 Å². The first-order chi connectivity index (χ1) is 10.6. The summed E-state index contributed by atoms with van der Waals surface area (Å²) in [6.45, 7) is 9.36. The SMILES string of the molecule is Cc1ccc(OCCOCC(O)CN2CCOCC2)cc1C.Cl. The third-order valence-corrected chi connectivity index (χ3v) is 3.86. The number of aliphatic hydroxyl groups is 1. The van der Waals surface area contributed by atoms with E-state index in [4.69, 9.17) is 14.2 Å². The van der Waals surface area contributed by atoms with Crippen LogP contribution in [0.15, 0.2) is 18.2 Å². The molecule has 1 aliphatic heterocycles. The van der Waals surface area contributed by atoms with E-state index in [1.165, 1.54) is 11.1 Å². The number of hydrogen-bond acceptors (Lipinski definition) is 5. The van der Waals surface area contributed by atoms with Gasteiger partial charge in [0.2, 0.25) is 0 Å². The number of benzene rings is 1. The average molecular weight is 346 g/mol. The molecule has 0 aromatic heterocycles. The monoisotopic (exact) mass is 345 g/mol. The molecule has 2 rings (SSSR count). The van der Waals surface area contributed by atoms with Gasteiger partial charge in [-0.05, 0) is 37.1 Å². The Balaban J connectivity index is 0.00000264. The van der Waals surface area contributed by atoms with Gasteiger partial charge in [0.25, 0.3) is 0 Å². The minimum Gasteiger partial charge on any atom is -0.491 e. The molecule has 6 heteroatoms. The number of aliphatic hydroxyl groups excluding tert-OH is 1. The number of nitrogens with zero attached hydrogens (tertiary/aromatic N) is 1. The molecule has 0 bridgehead atoms. The largest absolute Gasteiger partial charge is 0.491 e. The Hall–Kier alpha value is -0.850. The van der Waals surface area contributed by atoms with Gasteiger partial charge in [-0.25, -0.2) is 0 Å². The highest BCUT2D eigenvalue weighted by Gasteiger charge is 2.14. The summed E-state index contributed by atoms with van der Waals surface area (Å²) in [5.74, 6) is 0.862. The van der Waals surface area contributed by atoms with Crippen LogP contribution in [0.1, 0.15) is 11.1 Å². The van der Waals surface area contributed by atoms with Gasteiger partial charge in [0.15, 0.2) is 0 Å². The third-order valence-electron chi connectivity index (χ3n) is 3.86. The van der Waals surface area contributed by atoms with Crippen LogP contribution in [0.4, 0.5) is 0 Å². The zero-order valence-corrected chi connectivity index (χ0v) is 14.8. The zero-order valence-electron chi connectivity index (χ0n) is 14.0. The molecule has 1 N–H and O–H groups in total. The predicted octanol–water partition coefficient (Wildman–Crippen LogP) is 1.81. The van der Waals surface area contributed by atoms with E-state index in [-0.39, 0.29) is 12.4 Å². The fraction of sp³-hybridized carbons (Fsp3) is 0.647. The van der Waals surface area contributed by atoms with E-state index in [9.17, 15) is 5.11 Å². The molecule has 132 valence electrons. The maximum Gasteiger partial charge on any atom is 0.119 e. The number of halogens is 1. The van der Waals surface area contributed by atoms with Gasteiger partial charge in [-0.2, -0.15) is 0 Å². The Bertz CT molecular complexity index is 452. The van der Waals surface area contributed by atoms with Crippen LogP contribution < -0.4 is 4.74 Å². The molecule has 5 nitrogen and oxygen atoms in total. The summed E-state index contributed by atoms with van der Waals surface area (Å²) in [5.41, 5.74) is 2.48. The van der Waals surface area contributed by atoms with Crippen LogP contribution >= 0.6 is 12.4 Å². The first-order valence-electron chi connectivity index (χ1n) is 7.91. The molecule has 0 spiro atoms. The highest BCUT2D eigenvalue weighted by molar-refractivity contribution is 5.85. The number of rotatable bonds is 8. The number of β-amino-alcohol motifs (C(OH)–C–C–N with tert-alkyl or cyclic N) is 1. The molecule has 0 radical (unpaired) electrons. The van der Waals surface area contributed by atoms with Crippen LogP contribution in [0.5, 0.6) is 5.75 Å². The summed E-state index contributed by atoms with van der Waals surface area (Å²) in [4.78, 5) is 2.20. The minimum absolute atomic E-state index is 0. The van der Waals surface area contributed by atoms with Gasteiger partial charge in [-0.15, -0.1) is 12.4 Å². The first kappa shape index (κ1) is 20.2. The number of morpholine rings is 1. The smallest absolute Gasteiger partial charge is 0.119 e. The molecule has 1 heterocycles. The lowest BCUT2D eigenvalue weighted by atomic mass is 10.1. The molecule has 1 aromatic carbocycles. The fourth-order valence-corrected chi connectivity index (χ4v) is 2.38. The lowest BCUT2D eigenvalue weighted by molar-refractivity contribution is -0.0178. The second kappa shape index (κ2) is 10.8. The van der Waals surface area contributed by atoms with Gasteiger partial charge in [0, 0.05) is 19.6 Å². The molecule has 1 fully saturated rings. The zero-order chi connectivity index (χ0) is 15.8. The fourth-order valence-electron chi connectivity index (χ4n) is 2.38. The molecule has 1 saturated heterocycles. The van der Waals surface area contributed by atoms with Crippen molar-refractivity contribution in [2.24, 2.45) is 0 Å². The van der Waals surface area contributed by atoms with Crippen molar-refractivity contribution >= 4 is 12.4 Å². The molecule has 0 aliphatic carbocycles. The van der Waals surface area contributed by atoms with Gasteiger partial charge in [-0.1, -0.05) is 6.07 Å². The molecular weight excluding hydrogens is 318 g/mol. The van der Waals surface area contributed by atoms with E-state index in [1.807, 2.05) is 12.1 Å². The highest BCUT2D eigenvalue weighted by atomic mass is 35.5. The van der Waals surface area contributed by atoms with Crippen LogP contribution in [-0.4, -0.2) is 68.8 Å². The second-order valence-electron chi connectivity index (χ2n) is 5.74. The van der Waals surface area contributed by atoms with Crippen LogP contribution in [-0.2, 0) is 9.47 Å². The second-order valence-corrected chi connectivity index (χ2v) is 5.74. The Morgan fingerprint density at radius 3 is 2.61 bits per heavy atom. The van der Waals surface area contributed by atoms with E-state index in [0.29, 0.717) is 26.4 Å². The molecule has 1 aliphatic rings. The van der Waals surface area contributed by atoms with Crippen LogP contribution in [0.25, 0.3) is 0 Å². The van der Waals surface area contributed by atoms with Crippen LogP contribution in [0.3, 0.4) is 0 Å². The summed E-state index contributed by atoms with van der Waals surface area (Å²) < 4.78 is 16.4. The maximum atomic E-state index is 9.94. The van der Waals surface area contributed by atoms with E-state index >= 15 is 0 Å². The highest BCUT2D eigenvalue weighted by Crippen LogP contribution is 2.16. The lowest BCUT2D eigenvalue weighted by Crippen LogP contribution is -2.42. The van der Waals surface area contributed by atoms with Gasteiger partial charge < -0.3 is 19.3 Å². The van der Waals surface area contributed by atoms with E-state index in [1.54, 1.807) is 0 Å². The predicted molar refractivity (Wildman–Crippen MR) is 92.7 cm³/mol. The normalized spacial score (nSPS) is 16.7. The summed E-state index contributed by atoms with van der Waals surface area (Å²) in [5, 5.41) is 9.94. The summed E-state index contributed by atoms with van der Waals surface area (Å²) in [7, 11) is 0. The number of aryl methyl sites for hydroxylation is 2. The van der Waals surface area contributed by atoms with Crippen molar-refractivity contribution in [2.75, 3.05) is 52.7 Å². The van der Waals surface area contributed by atoms with Crippen LogP contribution in [0, 0.1) is 13.8 Å². The summed E-state index contributed by atoms with van der Waals surface area (Å²) in [6.07, 6.45) is -0.459. The Morgan fingerprint density at radius 2 is 1.91 bits per heavy atom. The average Bonchev–Trinajstić information content (AvgIpc) is 2.51. The molecule has 1 atom stereocenters. The molecule has 0 saturated carbocycles. The van der Waals surface area contributed by atoms with Crippen molar-refractivity contribution < 1.29 is 19.3 Å². The Labute approximate surface area is 144 Å². The molecule has 23 heavy (non-hydrogen) atoms. The van der Waals surface area contributed by atoms with Gasteiger partial charge in [0.1, 0.15) is 12.4 Å². The summed E-state index contributed by atoms with van der Waals surface area (Å²) in [6, 6.07) is 6.05. The maximum absolute atomic E-state index is 9.94. The number of hydrogen-bond donors (Lipinski definition) is 1. The number of ether oxygens (including phenoxy) is 3. The van der Waals surface area contributed by atoms with E-state index in [0.717, 1.165) is 32.1 Å². The van der Waals surface area contributed by atoms with Crippen molar-refractivity contribution in [3.05, 3.63) is 29.3 Å². The van der Waals surface area contributed by atoms with Crippen molar-refractivity contribution in [2.45, 2.75) is 20.0 Å². The molecule has 1 unspecified atom stereocenters. The molecular formula is C17H28ClNO4. The standard InChI is InChI=1S/C17H27NO4.ClH/c1-14-3-4-17(11-15(14)2)22-10-9-21-13-16(19)12-18-5-7-20-8-6-18;/h3-4,11,16,19H,5-10,12-13H2,1-2H3;1H. The quantitative estimate of drug-likeness (QED) is 0.728. The van der Waals surface area contributed by atoms with Crippen molar-refractivity contribution in [1.82, 2.24) is 4.90 Å². The van der Waals surface area contributed by atoms with E-state index in [2.05, 4.69) is 24.8 Å². The molecule has 1 aromatic rings. The minimum atomic E-state index is -0.459. The van der Waals surface area contributed by atoms with Gasteiger partial charge >= 0.3 is 0 Å². The lowest BCUT2D eigenvalue weighted by Gasteiger charge is -2.28. The Kier molecular flexibility index (Phi) is 9.52. The van der Waals surface area contributed by atoms with Crippen molar-refractivity contribution in [3.63, 3.8) is 0 Å². The molecule has 0 amide bonds. The third kappa shape index (κ3) is 7.50. The van der Waals surface area contributed by atoms with Crippen LogP contribution in [0.2, 0.25) is 0 Å². The first-order valence-corrected chi connectivity index (χ1v) is 7.91.